The lowest BCUT2D eigenvalue weighted by molar-refractivity contribution is -0.148. The lowest BCUT2D eigenvalue weighted by Gasteiger charge is -2.25. The Labute approximate surface area is 194 Å². The van der Waals surface area contributed by atoms with E-state index < -0.39 is 41.7 Å². The third-order valence-electron chi connectivity index (χ3n) is 3.95. The number of rotatable bonds is 12. The molecule has 0 fully saturated rings. The van der Waals surface area contributed by atoms with Gasteiger partial charge in [0.1, 0.15) is 6.54 Å². The zero-order valence-electron chi connectivity index (χ0n) is 17.2. The van der Waals surface area contributed by atoms with Crippen molar-refractivity contribution in [2.45, 2.75) is 31.9 Å². The minimum Gasteiger partial charge on any atom is -0.480 e. The van der Waals surface area contributed by atoms with Gasteiger partial charge in [0.05, 0.1) is 24.7 Å². The summed E-state index contributed by atoms with van der Waals surface area (Å²) < 4.78 is 5.54. The van der Waals surface area contributed by atoms with Gasteiger partial charge in [-0.05, 0) is 11.5 Å². The molecule has 0 aliphatic carbocycles. The van der Waals surface area contributed by atoms with Crippen molar-refractivity contribution >= 4 is 52.2 Å². The fourth-order valence-corrected chi connectivity index (χ4v) is 2.89. The molecular formula is C19H27BrN4O6S. The number of hydrogen-bond donors (Lipinski definition) is 5. The van der Waals surface area contributed by atoms with Gasteiger partial charge in [0.2, 0.25) is 5.91 Å². The van der Waals surface area contributed by atoms with Gasteiger partial charge in [-0.3, -0.25) is 29.9 Å². The van der Waals surface area contributed by atoms with E-state index >= 15 is 0 Å². The van der Waals surface area contributed by atoms with Gasteiger partial charge in [0.15, 0.2) is 5.37 Å². The van der Waals surface area contributed by atoms with Crippen LogP contribution in [0.1, 0.15) is 19.4 Å². The van der Waals surface area contributed by atoms with Crippen LogP contribution in [0.5, 0.6) is 0 Å². The largest absolute Gasteiger partial charge is 0.480 e. The van der Waals surface area contributed by atoms with Gasteiger partial charge in [-0.15, -0.1) is 12.6 Å². The van der Waals surface area contributed by atoms with Crippen molar-refractivity contribution in [2.75, 3.05) is 18.6 Å². The van der Waals surface area contributed by atoms with Gasteiger partial charge in [-0.2, -0.15) is 0 Å². The standard InChI is InChI=1S/C19H27BrN4O6S/c1-12(2)16(21-11-30-10-13-6-4-3-5-7-13)17(28)22-19(31)18(29)23-24(9-15(26)27)14(25)8-20/h3-7,12,16,19,21,31H,8-11H2,1-2H3,(H,22,28)(H,23,29)(H,26,27)/t16?,19-/m0/s1. The first kappa shape index (κ1) is 26.9. The van der Waals surface area contributed by atoms with Gasteiger partial charge in [-0.1, -0.05) is 60.1 Å². The van der Waals surface area contributed by atoms with E-state index in [0.717, 1.165) is 5.56 Å². The summed E-state index contributed by atoms with van der Waals surface area (Å²) >= 11 is 6.96. The average Bonchev–Trinajstić information content (AvgIpc) is 2.72. The molecule has 0 aromatic heterocycles. The molecule has 10 nitrogen and oxygen atoms in total. The smallest absolute Gasteiger partial charge is 0.325 e. The molecule has 3 amide bonds. The third-order valence-corrected chi connectivity index (χ3v) is 4.79. The Morgan fingerprint density at radius 3 is 2.35 bits per heavy atom. The molecule has 0 saturated carbocycles. The summed E-state index contributed by atoms with van der Waals surface area (Å²) in [5.74, 6) is -3.45. The molecule has 0 bridgehead atoms. The molecule has 0 heterocycles. The second-order valence-corrected chi connectivity index (χ2v) is 7.88. The van der Waals surface area contributed by atoms with E-state index in [1.54, 1.807) is 0 Å². The first-order valence-corrected chi connectivity index (χ1v) is 11.0. The van der Waals surface area contributed by atoms with Gasteiger partial charge >= 0.3 is 5.97 Å². The quantitative estimate of drug-likeness (QED) is 0.0891. The highest BCUT2D eigenvalue weighted by atomic mass is 79.9. The maximum atomic E-state index is 12.6. The lowest BCUT2D eigenvalue weighted by Crippen LogP contribution is -2.56. The van der Waals surface area contributed by atoms with E-state index in [9.17, 15) is 19.2 Å². The summed E-state index contributed by atoms with van der Waals surface area (Å²) in [4.78, 5) is 47.4. The van der Waals surface area contributed by atoms with E-state index in [1.807, 2.05) is 44.2 Å². The van der Waals surface area contributed by atoms with Crippen molar-refractivity contribution < 1.29 is 29.0 Å². The summed E-state index contributed by atoms with van der Waals surface area (Å²) in [5.41, 5.74) is 3.13. The van der Waals surface area contributed by atoms with Gasteiger partial charge in [-0.25, -0.2) is 5.01 Å². The molecule has 1 aromatic carbocycles. The molecule has 0 radical (unpaired) electrons. The van der Waals surface area contributed by atoms with Crippen LogP contribution in [0.15, 0.2) is 30.3 Å². The van der Waals surface area contributed by atoms with Gasteiger partial charge < -0.3 is 15.2 Å². The Kier molecular flexibility index (Phi) is 12.2. The van der Waals surface area contributed by atoms with Crippen molar-refractivity contribution in [3.63, 3.8) is 0 Å². The Hall–Kier alpha value is -2.15. The minimum atomic E-state index is -1.31. The number of ether oxygens (including phenoxy) is 1. The van der Waals surface area contributed by atoms with E-state index in [-0.39, 0.29) is 18.0 Å². The normalized spacial score (nSPS) is 12.7. The number of benzene rings is 1. The number of halogens is 1. The van der Waals surface area contributed by atoms with Crippen molar-refractivity contribution in [1.82, 2.24) is 21.1 Å². The number of carboxylic acids is 1. The maximum absolute atomic E-state index is 12.6. The van der Waals surface area contributed by atoms with Crippen LogP contribution in [0.3, 0.4) is 0 Å². The monoisotopic (exact) mass is 518 g/mol. The van der Waals surface area contributed by atoms with E-state index in [0.29, 0.717) is 11.6 Å². The SMILES string of the molecule is CC(C)C(NCOCc1ccccc1)C(=O)N[C@@H](S)C(=O)NN(CC(=O)O)C(=O)CBr. The molecule has 12 heteroatoms. The number of hydrogen-bond acceptors (Lipinski definition) is 7. The van der Waals surface area contributed by atoms with Gasteiger partial charge in [0, 0.05) is 0 Å². The van der Waals surface area contributed by atoms with Crippen molar-refractivity contribution in [3.8, 4) is 0 Å². The van der Waals surface area contributed by atoms with Crippen LogP contribution in [0, 0.1) is 5.92 Å². The molecule has 1 aromatic rings. The Balaban J connectivity index is 2.57. The summed E-state index contributed by atoms with van der Waals surface area (Å²) in [6, 6.07) is 8.88. The number of alkyl halides is 1. The van der Waals surface area contributed by atoms with E-state index in [1.165, 1.54) is 0 Å². The number of hydrazine groups is 1. The zero-order chi connectivity index (χ0) is 23.4. The molecule has 2 atom stereocenters. The second kappa shape index (κ2) is 14.0. The molecule has 1 rings (SSSR count). The third kappa shape index (κ3) is 10.1. The number of thiol groups is 1. The van der Waals surface area contributed by atoms with Crippen LogP contribution in [-0.4, -0.2) is 63.8 Å². The minimum absolute atomic E-state index is 0.112. The fraction of sp³-hybridized carbons (Fsp3) is 0.474. The summed E-state index contributed by atoms with van der Waals surface area (Å²) in [7, 11) is 0. The number of nitrogens with one attached hydrogen (secondary N) is 3. The number of aliphatic carboxylic acids is 1. The predicted octanol–water partition coefficient (Wildman–Crippen LogP) is 0.486. The highest BCUT2D eigenvalue weighted by Crippen LogP contribution is 2.05. The fourth-order valence-electron chi connectivity index (χ4n) is 2.40. The number of carboxylic acid groups (broad SMARTS) is 1. The Bertz CT molecular complexity index is 752. The van der Waals surface area contributed by atoms with E-state index in [4.69, 9.17) is 9.84 Å². The zero-order valence-corrected chi connectivity index (χ0v) is 19.7. The van der Waals surface area contributed by atoms with Crippen LogP contribution in [0.4, 0.5) is 0 Å². The van der Waals surface area contributed by atoms with Crippen molar-refractivity contribution in [1.29, 1.82) is 0 Å². The molecule has 172 valence electrons. The first-order valence-electron chi connectivity index (χ1n) is 9.37. The number of carbonyl (C=O) groups excluding carboxylic acids is 3. The summed E-state index contributed by atoms with van der Waals surface area (Å²) in [6.07, 6.45) is 0. The van der Waals surface area contributed by atoms with Crippen LogP contribution in [0.2, 0.25) is 0 Å². The topological polar surface area (TPSA) is 137 Å². The van der Waals surface area contributed by atoms with Crippen LogP contribution in [-0.2, 0) is 30.5 Å². The molecule has 4 N–H and O–H groups in total. The van der Waals surface area contributed by atoms with Crippen molar-refractivity contribution in [3.05, 3.63) is 35.9 Å². The van der Waals surface area contributed by atoms with E-state index in [2.05, 4.69) is 44.6 Å². The number of carbonyl (C=O) groups is 4. The Morgan fingerprint density at radius 1 is 1.16 bits per heavy atom. The molecular weight excluding hydrogens is 492 g/mol. The molecule has 0 saturated heterocycles. The predicted molar refractivity (Wildman–Crippen MR) is 120 cm³/mol. The number of amides is 3. The summed E-state index contributed by atoms with van der Waals surface area (Å²) in [5, 5.41) is 13.4. The lowest BCUT2D eigenvalue weighted by atomic mass is 10.0. The number of nitrogens with zero attached hydrogens (tertiary/aromatic N) is 1. The van der Waals surface area contributed by atoms with Crippen molar-refractivity contribution in [2.24, 2.45) is 5.92 Å². The van der Waals surface area contributed by atoms with Crippen LogP contribution >= 0.6 is 28.6 Å². The molecule has 31 heavy (non-hydrogen) atoms. The van der Waals surface area contributed by atoms with Crippen LogP contribution in [0.25, 0.3) is 0 Å². The molecule has 0 aliphatic rings. The highest BCUT2D eigenvalue weighted by Gasteiger charge is 2.27. The average molecular weight is 519 g/mol. The first-order chi connectivity index (χ1) is 14.6. The second-order valence-electron chi connectivity index (χ2n) is 6.80. The molecule has 1 unspecified atom stereocenters. The summed E-state index contributed by atoms with van der Waals surface area (Å²) in [6.45, 7) is 3.40. The molecule has 0 aliphatic heterocycles. The van der Waals surface area contributed by atoms with Gasteiger partial charge in [0.25, 0.3) is 11.8 Å². The Morgan fingerprint density at radius 2 is 1.81 bits per heavy atom. The molecule has 0 spiro atoms. The van der Waals surface area contributed by atoms with Crippen LogP contribution < -0.4 is 16.1 Å². The highest BCUT2D eigenvalue weighted by molar-refractivity contribution is 9.09. The maximum Gasteiger partial charge on any atom is 0.325 e.